The zero-order valence-corrected chi connectivity index (χ0v) is 11.7. The molecule has 1 atom stereocenters. The molecule has 1 unspecified atom stereocenters. The highest BCUT2D eigenvalue weighted by atomic mass is 35.5. The smallest absolute Gasteiger partial charge is 0.129 e. The van der Waals surface area contributed by atoms with E-state index in [1.165, 1.54) is 0 Å². The first kappa shape index (κ1) is 13.1. The number of hydrogen-bond donors (Lipinski definition) is 1. The van der Waals surface area contributed by atoms with Crippen LogP contribution in [0, 0.1) is 0 Å². The Kier molecular flexibility index (Phi) is 3.42. The molecule has 3 rings (SSSR count). The molecular weight excluding hydrogens is 274 g/mol. The van der Waals surface area contributed by atoms with Gasteiger partial charge >= 0.3 is 0 Å². The predicted octanol–water partition coefficient (Wildman–Crippen LogP) is 3.13. The normalized spacial score (nSPS) is 12.8. The Hall–Kier alpha value is -1.91. The van der Waals surface area contributed by atoms with E-state index in [1.54, 1.807) is 24.0 Å². The van der Waals surface area contributed by atoms with Crippen LogP contribution >= 0.6 is 11.6 Å². The van der Waals surface area contributed by atoms with Gasteiger partial charge in [0.2, 0.25) is 0 Å². The minimum absolute atomic E-state index is 0.413. The van der Waals surface area contributed by atoms with Gasteiger partial charge in [-0.25, -0.2) is 4.98 Å². The molecule has 3 aromatic rings. The maximum absolute atomic E-state index is 9.38. The first-order valence-corrected chi connectivity index (χ1v) is 6.76. The highest BCUT2D eigenvalue weighted by Crippen LogP contribution is 2.25. The topological polar surface area (TPSA) is 50.9 Å². The third kappa shape index (κ3) is 2.66. The number of aliphatic hydroxyl groups excluding tert-OH is 1. The van der Waals surface area contributed by atoms with Crippen molar-refractivity contribution in [3.63, 3.8) is 0 Å². The molecule has 102 valence electrons. The quantitative estimate of drug-likeness (QED) is 0.753. The molecule has 2 aromatic heterocycles. The minimum Gasteiger partial charge on any atom is -0.391 e. The van der Waals surface area contributed by atoms with Crippen LogP contribution in [0.2, 0.25) is 5.15 Å². The fourth-order valence-electron chi connectivity index (χ4n) is 2.18. The van der Waals surface area contributed by atoms with Crippen LogP contribution in [-0.2, 0) is 6.54 Å². The summed E-state index contributed by atoms with van der Waals surface area (Å²) in [6.07, 6.45) is 5.07. The summed E-state index contributed by atoms with van der Waals surface area (Å²) in [6.45, 7) is 2.23. The molecule has 0 aliphatic heterocycles. The summed E-state index contributed by atoms with van der Waals surface area (Å²) < 4.78 is 1.74. The molecule has 1 aromatic carbocycles. The van der Waals surface area contributed by atoms with Crippen LogP contribution in [0.4, 0.5) is 0 Å². The number of halogens is 1. The molecule has 0 spiro atoms. The average Bonchev–Trinajstić information content (AvgIpc) is 2.85. The summed E-state index contributed by atoms with van der Waals surface area (Å²) in [5.41, 5.74) is 2.08. The Balaban J connectivity index is 1.99. The van der Waals surface area contributed by atoms with Gasteiger partial charge < -0.3 is 5.11 Å². The summed E-state index contributed by atoms with van der Waals surface area (Å²) in [5.74, 6) is 0. The van der Waals surface area contributed by atoms with Crippen molar-refractivity contribution in [2.75, 3.05) is 0 Å². The second kappa shape index (κ2) is 5.23. The van der Waals surface area contributed by atoms with E-state index in [9.17, 15) is 5.11 Å². The lowest BCUT2D eigenvalue weighted by Crippen LogP contribution is -2.11. The van der Waals surface area contributed by atoms with Crippen LogP contribution in [-0.4, -0.2) is 26.0 Å². The summed E-state index contributed by atoms with van der Waals surface area (Å²) in [7, 11) is 0. The first-order valence-electron chi connectivity index (χ1n) is 6.38. The SMILES string of the molecule is CC(O)Cn1cc(-c2ccc3cnc(Cl)cc3c2)cn1. The summed E-state index contributed by atoms with van der Waals surface area (Å²) in [6, 6.07) is 7.95. The van der Waals surface area contributed by atoms with Crippen molar-refractivity contribution in [1.82, 2.24) is 14.8 Å². The van der Waals surface area contributed by atoms with E-state index in [0.717, 1.165) is 21.9 Å². The second-order valence-electron chi connectivity index (χ2n) is 4.87. The molecular formula is C15H14ClN3O. The van der Waals surface area contributed by atoms with Gasteiger partial charge in [-0.05, 0) is 30.0 Å². The van der Waals surface area contributed by atoms with E-state index >= 15 is 0 Å². The van der Waals surface area contributed by atoms with E-state index in [0.29, 0.717) is 11.7 Å². The van der Waals surface area contributed by atoms with E-state index < -0.39 is 6.10 Å². The van der Waals surface area contributed by atoms with Gasteiger partial charge in [-0.15, -0.1) is 0 Å². The number of aromatic nitrogens is 3. The molecule has 0 fully saturated rings. The molecule has 0 aliphatic carbocycles. The third-order valence-corrected chi connectivity index (χ3v) is 3.31. The van der Waals surface area contributed by atoms with Gasteiger partial charge in [0.1, 0.15) is 5.15 Å². The predicted molar refractivity (Wildman–Crippen MR) is 79.7 cm³/mol. The molecule has 20 heavy (non-hydrogen) atoms. The lowest BCUT2D eigenvalue weighted by molar-refractivity contribution is 0.168. The van der Waals surface area contributed by atoms with Crippen LogP contribution < -0.4 is 0 Å². The molecule has 4 nitrogen and oxygen atoms in total. The lowest BCUT2D eigenvalue weighted by atomic mass is 10.1. The molecule has 0 saturated heterocycles. The van der Waals surface area contributed by atoms with Crippen molar-refractivity contribution in [2.24, 2.45) is 0 Å². The van der Waals surface area contributed by atoms with Gasteiger partial charge in [-0.2, -0.15) is 5.10 Å². The molecule has 0 radical (unpaired) electrons. The van der Waals surface area contributed by atoms with Gasteiger partial charge in [0.15, 0.2) is 0 Å². The monoisotopic (exact) mass is 287 g/mol. The number of fused-ring (bicyclic) bond motifs is 1. The fourth-order valence-corrected chi connectivity index (χ4v) is 2.34. The zero-order valence-electron chi connectivity index (χ0n) is 11.0. The van der Waals surface area contributed by atoms with E-state index in [2.05, 4.69) is 16.1 Å². The van der Waals surface area contributed by atoms with Crippen molar-refractivity contribution in [2.45, 2.75) is 19.6 Å². The summed E-state index contributed by atoms with van der Waals surface area (Å²) in [4.78, 5) is 4.07. The minimum atomic E-state index is -0.413. The zero-order chi connectivity index (χ0) is 14.1. The number of rotatable bonds is 3. The highest BCUT2D eigenvalue weighted by Gasteiger charge is 2.05. The van der Waals surface area contributed by atoms with Crippen LogP contribution in [0.3, 0.4) is 0 Å². The molecule has 5 heteroatoms. The Bertz CT molecular complexity index is 752. The Morgan fingerprint density at radius 3 is 2.85 bits per heavy atom. The largest absolute Gasteiger partial charge is 0.391 e. The fraction of sp³-hybridized carbons (Fsp3) is 0.200. The lowest BCUT2D eigenvalue weighted by Gasteiger charge is -2.03. The number of aliphatic hydroxyl groups is 1. The molecule has 2 heterocycles. The molecule has 0 bridgehead atoms. The maximum atomic E-state index is 9.38. The molecule has 0 amide bonds. The van der Waals surface area contributed by atoms with Gasteiger partial charge in [0, 0.05) is 23.3 Å². The molecule has 0 saturated carbocycles. The number of benzene rings is 1. The van der Waals surface area contributed by atoms with Crippen molar-refractivity contribution in [3.05, 3.63) is 48.0 Å². The second-order valence-corrected chi connectivity index (χ2v) is 5.26. The summed E-state index contributed by atoms with van der Waals surface area (Å²) >= 11 is 5.92. The molecule has 1 N–H and O–H groups in total. The number of nitrogens with zero attached hydrogens (tertiary/aromatic N) is 3. The van der Waals surface area contributed by atoms with Crippen LogP contribution in [0.15, 0.2) is 42.9 Å². The first-order chi connectivity index (χ1) is 9.61. The van der Waals surface area contributed by atoms with Gasteiger partial charge in [-0.1, -0.05) is 23.7 Å². The van der Waals surface area contributed by atoms with Crippen molar-refractivity contribution in [1.29, 1.82) is 0 Å². The van der Waals surface area contributed by atoms with E-state index in [1.807, 2.05) is 24.4 Å². The van der Waals surface area contributed by atoms with Gasteiger partial charge in [-0.3, -0.25) is 4.68 Å². The summed E-state index contributed by atoms with van der Waals surface area (Å²) in [5, 5.41) is 16.2. The van der Waals surface area contributed by atoms with Crippen LogP contribution in [0.1, 0.15) is 6.92 Å². The molecule has 0 aliphatic rings. The third-order valence-electron chi connectivity index (χ3n) is 3.11. The van der Waals surface area contributed by atoms with Crippen molar-refractivity contribution >= 4 is 22.4 Å². The van der Waals surface area contributed by atoms with E-state index in [-0.39, 0.29) is 0 Å². The van der Waals surface area contributed by atoms with Gasteiger partial charge in [0.25, 0.3) is 0 Å². The Morgan fingerprint density at radius 1 is 1.20 bits per heavy atom. The Labute approximate surface area is 121 Å². The Morgan fingerprint density at radius 2 is 2.05 bits per heavy atom. The average molecular weight is 288 g/mol. The highest BCUT2D eigenvalue weighted by molar-refractivity contribution is 6.30. The van der Waals surface area contributed by atoms with Crippen LogP contribution in [0.25, 0.3) is 21.9 Å². The standard InChI is InChI=1S/C15H14ClN3O/c1-10(20)8-19-9-14(7-18-19)11-2-3-12-6-17-15(16)5-13(12)4-11/h2-7,9-10,20H,8H2,1H3. The number of pyridine rings is 1. The van der Waals surface area contributed by atoms with Crippen molar-refractivity contribution < 1.29 is 5.11 Å². The van der Waals surface area contributed by atoms with Gasteiger partial charge in [0.05, 0.1) is 18.8 Å². The number of hydrogen-bond acceptors (Lipinski definition) is 3. The maximum Gasteiger partial charge on any atom is 0.129 e. The van der Waals surface area contributed by atoms with Crippen LogP contribution in [0.5, 0.6) is 0 Å². The van der Waals surface area contributed by atoms with E-state index in [4.69, 9.17) is 11.6 Å². The van der Waals surface area contributed by atoms with Crippen molar-refractivity contribution in [3.8, 4) is 11.1 Å².